The lowest BCUT2D eigenvalue weighted by molar-refractivity contribution is 0.321. The Balaban J connectivity index is 1.92. The summed E-state index contributed by atoms with van der Waals surface area (Å²) >= 11 is 1.71. The molecule has 2 aromatic heterocycles. The van der Waals surface area contributed by atoms with Crippen molar-refractivity contribution in [2.24, 2.45) is 0 Å². The zero-order chi connectivity index (χ0) is 13.9. The highest BCUT2D eigenvalue weighted by Gasteiger charge is 2.08. The molecule has 0 atom stereocenters. The van der Waals surface area contributed by atoms with Gasteiger partial charge in [-0.25, -0.2) is 4.98 Å². The van der Waals surface area contributed by atoms with Gasteiger partial charge in [-0.2, -0.15) is 0 Å². The Kier molecular flexibility index (Phi) is 3.74. The second-order valence-electron chi connectivity index (χ2n) is 4.86. The lowest BCUT2D eigenvalue weighted by Gasteiger charge is -2.07. The van der Waals surface area contributed by atoms with E-state index in [1.807, 2.05) is 13.0 Å². The van der Waals surface area contributed by atoms with E-state index < -0.39 is 0 Å². The predicted octanol–water partition coefficient (Wildman–Crippen LogP) is 4.24. The van der Waals surface area contributed by atoms with Crippen LogP contribution in [0.15, 0.2) is 35.8 Å². The van der Waals surface area contributed by atoms with Crippen molar-refractivity contribution in [1.29, 1.82) is 0 Å². The third kappa shape index (κ3) is 2.56. The second-order valence-corrected chi connectivity index (χ2v) is 5.81. The smallest absolute Gasteiger partial charge is 0.128 e. The van der Waals surface area contributed by atoms with Crippen LogP contribution >= 0.6 is 11.3 Å². The first-order valence-corrected chi connectivity index (χ1v) is 7.77. The fourth-order valence-corrected chi connectivity index (χ4v) is 3.06. The van der Waals surface area contributed by atoms with E-state index in [0.717, 1.165) is 36.0 Å². The third-order valence-corrected chi connectivity index (χ3v) is 4.16. The first-order valence-electron chi connectivity index (χ1n) is 6.89. The number of ether oxygens (including phenoxy) is 1. The van der Waals surface area contributed by atoms with E-state index in [9.17, 15) is 0 Å². The first kappa shape index (κ1) is 13.2. The Bertz CT molecular complexity index is 714. The molecule has 0 spiro atoms. The van der Waals surface area contributed by atoms with Gasteiger partial charge >= 0.3 is 0 Å². The van der Waals surface area contributed by atoms with Crippen LogP contribution in [-0.4, -0.2) is 16.2 Å². The predicted molar refractivity (Wildman–Crippen MR) is 83.7 cm³/mol. The van der Waals surface area contributed by atoms with Crippen LogP contribution in [0.4, 0.5) is 0 Å². The normalized spacial score (nSPS) is 11.1. The molecular weight excluding hydrogens is 268 g/mol. The molecule has 0 fully saturated rings. The van der Waals surface area contributed by atoms with Crippen LogP contribution in [0.2, 0.25) is 0 Å². The van der Waals surface area contributed by atoms with E-state index >= 15 is 0 Å². The van der Waals surface area contributed by atoms with Gasteiger partial charge in [0.15, 0.2) is 0 Å². The van der Waals surface area contributed by atoms with Gasteiger partial charge in [-0.1, -0.05) is 13.0 Å². The minimum absolute atomic E-state index is 0.760. The van der Waals surface area contributed by atoms with Crippen molar-refractivity contribution in [2.75, 3.05) is 6.61 Å². The molecule has 0 aliphatic heterocycles. The van der Waals surface area contributed by atoms with E-state index in [2.05, 4.69) is 46.3 Å². The number of hydrogen-bond donors (Lipinski definition) is 0. The number of rotatable bonds is 5. The van der Waals surface area contributed by atoms with Gasteiger partial charge in [0.1, 0.15) is 10.8 Å². The highest BCUT2D eigenvalue weighted by Crippen LogP contribution is 2.27. The maximum Gasteiger partial charge on any atom is 0.128 e. The Morgan fingerprint density at radius 2 is 2.20 bits per heavy atom. The molecule has 3 aromatic rings. The van der Waals surface area contributed by atoms with Gasteiger partial charge in [-0.3, -0.25) is 0 Å². The van der Waals surface area contributed by atoms with E-state index in [1.54, 1.807) is 11.3 Å². The quantitative estimate of drug-likeness (QED) is 0.701. The lowest BCUT2D eigenvalue weighted by atomic mass is 10.2. The Morgan fingerprint density at radius 1 is 1.30 bits per heavy atom. The monoisotopic (exact) mass is 286 g/mol. The molecule has 2 heterocycles. The van der Waals surface area contributed by atoms with Crippen LogP contribution in [0.1, 0.15) is 24.0 Å². The summed E-state index contributed by atoms with van der Waals surface area (Å²) in [5.74, 6) is 0.971. The number of benzene rings is 1. The van der Waals surface area contributed by atoms with Crippen LogP contribution in [0, 0.1) is 6.92 Å². The summed E-state index contributed by atoms with van der Waals surface area (Å²) in [6.45, 7) is 5.73. The minimum atomic E-state index is 0.760. The highest BCUT2D eigenvalue weighted by atomic mass is 32.1. The first-order chi connectivity index (χ1) is 9.78. The molecule has 4 heteroatoms. The summed E-state index contributed by atoms with van der Waals surface area (Å²) in [6, 6.07) is 8.35. The molecule has 3 nitrogen and oxygen atoms in total. The van der Waals surface area contributed by atoms with Gasteiger partial charge in [-0.05, 0) is 31.5 Å². The van der Waals surface area contributed by atoms with Crippen molar-refractivity contribution in [1.82, 2.24) is 9.55 Å². The molecule has 20 heavy (non-hydrogen) atoms. The average molecular weight is 286 g/mol. The topological polar surface area (TPSA) is 27.1 Å². The average Bonchev–Trinajstić information content (AvgIpc) is 3.04. The maximum atomic E-state index is 5.81. The third-order valence-electron chi connectivity index (χ3n) is 3.21. The number of thiazole rings is 1. The molecule has 0 saturated heterocycles. The number of hydrogen-bond acceptors (Lipinski definition) is 3. The van der Waals surface area contributed by atoms with Crippen LogP contribution in [0.5, 0.6) is 5.75 Å². The van der Waals surface area contributed by atoms with Gasteiger partial charge in [-0.15, -0.1) is 11.3 Å². The zero-order valence-electron chi connectivity index (χ0n) is 11.8. The number of aromatic nitrogens is 2. The molecule has 0 N–H and O–H groups in total. The highest BCUT2D eigenvalue weighted by molar-refractivity contribution is 7.09. The largest absolute Gasteiger partial charge is 0.493 e. The van der Waals surface area contributed by atoms with E-state index in [0.29, 0.717) is 0 Å². The van der Waals surface area contributed by atoms with Gasteiger partial charge in [0, 0.05) is 22.7 Å². The molecule has 0 aliphatic carbocycles. The summed E-state index contributed by atoms with van der Waals surface area (Å²) in [4.78, 5) is 4.53. The maximum absolute atomic E-state index is 5.81. The van der Waals surface area contributed by atoms with Crippen molar-refractivity contribution >= 4 is 22.2 Å². The molecule has 1 aromatic carbocycles. The minimum Gasteiger partial charge on any atom is -0.493 e. The standard InChI is InChI=1S/C16H18N2OS/c1-3-9-19-15-6-4-5-14-13(15)7-8-18(14)10-16-17-12(2)11-20-16/h4-8,11H,3,9-10H2,1-2H3. The van der Waals surface area contributed by atoms with Crippen molar-refractivity contribution in [3.05, 3.63) is 46.5 Å². The zero-order valence-corrected chi connectivity index (χ0v) is 12.6. The van der Waals surface area contributed by atoms with Gasteiger partial charge < -0.3 is 9.30 Å². The number of aryl methyl sites for hydroxylation is 1. The van der Waals surface area contributed by atoms with Crippen molar-refractivity contribution < 1.29 is 4.74 Å². The Labute approximate surface area is 122 Å². The number of fused-ring (bicyclic) bond motifs is 1. The molecule has 3 rings (SSSR count). The Hall–Kier alpha value is -1.81. The molecule has 0 saturated carbocycles. The molecular formula is C16H18N2OS. The summed E-state index contributed by atoms with van der Waals surface area (Å²) < 4.78 is 8.04. The number of nitrogens with zero attached hydrogens (tertiary/aromatic N) is 2. The fraction of sp³-hybridized carbons (Fsp3) is 0.312. The Morgan fingerprint density at radius 3 is 2.95 bits per heavy atom. The van der Waals surface area contributed by atoms with E-state index in [4.69, 9.17) is 4.74 Å². The SMILES string of the molecule is CCCOc1cccc2c1ccn2Cc1nc(C)cs1. The molecule has 0 radical (unpaired) electrons. The summed E-state index contributed by atoms with van der Waals surface area (Å²) in [7, 11) is 0. The molecule has 0 unspecified atom stereocenters. The van der Waals surface area contributed by atoms with E-state index in [1.165, 1.54) is 10.9 Å². The fourth-order valence-electron chi connectivity index (χ4n) is 2.29. The van der Waals surface area contributed by atoms with Crippen molar-refractivity contribution in [2.45, 2.75) is 26.8 Å². The lowest BCUT2D eigenvalue weighted by Crippen LogP contribution is -1.98. The van der Waals surface area contributed by atoms with Crippen LogP contribution in [-0.2, 0) is 6.54 Å². The van der Waals surface area contributed by atoms with Gasteiger partial charge in [0.05, 0.1) is 18.7 Å². The van der Waals surface area contributed by atoms with Crippen LogP contribution in [0.25, 0.3) is 10.9 Å². The molecule has 0 bridgehead atoms. The molecule has 104 valence electrons. The van der Waals surface area contributed by atoms with Gasteiger partial charge in [0.2, 0.25) is 0 Å². The van der Waals surface area contributed by atoms with Crippen molar-refractivity contribution in [3.8, 4) is 5.75 Å². The van der Waals surface area contributed by atoms with Crippen LogP contribution in [0.3, 0.4) is 0 Å². The summed E-state index contributed by atoms with van der Waals surface area (Å²) in [5, 5.41) is 4.41. The molecule has 0 aliphatic rings. The summed E-state index contributed by atoms with van der Waals surface area (Å²) in [6.07, 6.45) is 3.13. The van der Waals surface area contributed by atoms with E-state index in [-0.39, 0.29) is 0 Å². The molecule has 0 amide bonds. The van der Waals surface area contributed by atoms with Crippen LogP contribution < -0.4 is 4.74 Å². The summed E-state index contributed by atoms with van der Waals surface area (Å²) in [5.41, 5.74) is 2.29. The van der Waals surface area contributed by atoms with Crippen molar-refractivity contribution in [3.63, 3.8) is 0 Å². The van der Waals surface area contributed by atoms with Gasteiger partial charge in [0.25, 0.3) is 0 Å². The second kappa shape index (κ2) is 5.67.